The van der Waals surface area contributed by atoms with Crippen LogP contribution in [0.15, 0.2) is 0 Å². The van der Waals surface area contributed by atoms with Gasteiger partial charge in [0.15, 0.2) is 0 Å². The molecule has 0 aliphatic rings. The Hall–Kier alpha value is 1.54. The number of hydrogen-bond donors (Lipinski definition) is 3. The summed E-state index contributed by atoms with van der Waals surface area (Å²) in [6.45, 7) is 0. The molecule has 0 spiro atoms. The van der Waals surface area contributed by atoms with Crippen molar-refractivity contribution in [1.82, 2.24) is 0 Å². The first kappa shape index (κ1) is 15.8. The summed E-state index contributed by atoms with van der Waals surface area (Å²) in [4.78, 5) is 21.6. The van der Waals surface area contributed by atoms with E-state index in [-0.39, 0.29) is 47.9 Å². The zero-order chi connectivity index (χ0) is 4.50. The molecule has 0 saturated carbocycles. The molecule has 0 aromatic rings. The van der Waals surface area contributed by atoms with Crippen molar-refractivity contribution in [3.63, 3.8) is 0 Å². The molecular formula is H7BeCaO4P. The van der Waals surface area contributed by atoms with Crippen molar-refractivity contribution in [3.05, 3.63) is 0 Å². The summed E-state index contributed by atoms with van der Waals surface area (Å²) in [6.07, 6.45) is 0. The second-order valence-electron chi connectivity index (χ2n) is 0.513. The minimum atomic E-state index is -4.64. The summed E-state index contributed by atoms with van der Waals surface area (Å²) in [6, 6.07) is 0. The molecule has 40 valence electrons. The van der Waals surface area contributed by atoms with E-state index in [1.54, 1.807) is 0 Å². The Labute approximate surface area is 74.4 Å². The van der Waals surface area contributed by atoms with Crippen LogP contribution in [0.3, 0.4) is 0 Å². The van der Waals surface area contributed by atoms with Gasteiger partial charge in [0.05, 0.1) is 0 Å². The second-order valence-corrected chi connectivity index (χ2v) is 1.54. The predicted octanol–water partition coefficient (Wildman–Crippen LogP) is -2.76. The summed E-state index contributed by atoms with van der Waals surface area (Å²) < 4.78 is 8.88. The molecule has 0 atom stereocenters. The average Bonchev–Trinajstić information content (AvgIpc) is 0.722. The van der Waals surface area contributed by atoms with Gasteiger partial charge in [-0.3, -0.25) is 0 Å². The Balaban J connectivity index is -0.0000000800. The minimum absolute atomic E-state index is 0. The average molecular weight is 151 g/mol. The van der Waals surface area contributed by atoms with Crippen molar-refractivity contribution in [2.75, 3.05) is 0 Å². The van der Waals surface area contributed by atoms with Crippen LogP contribution in [-0.2, 0) is 4.57 Å². The van der Waals surface area contributed by atoms with Crippen LogP contribution in [-0.4, -0.2) is 62.5 Å². The second kappa shape index (κ2) is 5.67. The Morgan fingerprint density at radius 2 is 1.14 bits per heavy atom. The molecule has 0 saturated heterocycles. The third kappa shape index (κ3) is 97.7. The molecule has 7 heteroatoms. The van der Waals surface area contributed by atoms with Gasteiger partial charge >= 0.3 is 55.7 Å². The fourth-order valence-corrected chi connectivity index (χ4v) is 0. The van der Waals surface area contributed by atoms with Gasteiger partial charge in [0.25, 0.3) is 0 Å². The van der Waals surface area contributed by atoms with Crippen molar-refractivity contribution in [2.24, 2.45) is 0 Å². The van der Waals surface area contributed by atoms with Gasteiger partial charge in [-0.2, -0.15) is 0 Å². The summed E-state index contributed by atoms with van der Waals surface area (Å²) in [5.74, 6) is 0. The van der Waals surface area contributed by atoms with E-state index >= 15 is 0 Å². The van der Waals surface area contributed by atoms with Crippen LogP contribution in [0.1, 0.15) is 0 Å². The molecule has 0 rings (SSSR count). The molecular weight excluding hydrogens is 144 g/mol. The van der Waals surface area contributed by atoms with E-state index in [1.807, 2.05) is 0 Å². The molecule has 4 nitrogen and oxygen atoms in total. The van der Waals surface area contributed by atoms with Crippen molar-refractivity contribution >= 4 is 55.7 Å². The van der Waals surface area contributed by atoms with E-state index in [0.717, 1.165) is 0 Å². The Morgan fingerprint density at radius 1 is 1.14 bits per heavy atom. The first-order valence-corrected chi connectivity index (χ1v) is 2.35. The van der Waals surface area contributed by atoms with Crippen LogP contribution >= 0.6 is 7.82 Å². The summed E-state index contributed by atoms with van der Waals surface area (Å²) in [5, 5.41) is 0. The van der Waals surface area contributed by atoms with Gasteiger partial charge < -0.3 is 14.7 Å². The van der Waals surface area contributed by atoms with E-state index < -0.39 is 7.82 Å². The van der Waals surface area contributed by atoms with Crippen LogP contribution in [0.5, 0.6) is 0 Å². The van der Waals surface area contributed by atoms with E-state index in [4.69, 9.17) is 19.2 Å². The number of phosphoric acid groups is 1. The third-order valence-electron chi connectivity index (χ3n) is 0. The number of hydrogen-bond acceptors (Lipinski definition) is 1. The van der Waals surface area contributed by atoms with E-state index in [0.29, 0.717) is 0 Å². The molecule has 7 heavy (non-hydrogen) atoms. The molecule has 0 heterocycles. The molecule has 0 radical (unpaired) electrons. The van der Waals surface area contributed by atoms with Crippen molar-refractivity contribution in [3.8, 4) is 0 Å². The van der Waals surface area contributed by atoms with Crippen LogP contribution in [0, 0.1) is 0 Å². The molecule has 0 aromatic heterocycles. The van der Waals surface area contributed by atoms with Gasteiger partial charge in [-0.05, 0) is 0 Å². The van der Waals surface area contributed by atoms with E-state index in [9.17, 15) is 0 Å². The fraction of sp³-hybridized carbons (Fsp3) is 0. The van der Waals surface area contributed by atoms with Crippen molar-refractivity contribution in [1.29, 1.82) is 0 Å². The van der Waals surface area contributed by atoms with Gasteiger partial charge in [-0.25, -0.2) is 4.57 Å². The molecule has 0 aliphatic carbocycles. The summed E-state index contributed by atoms with van der Waals surface area (Å²) in [5.41, 5.74) is 0. The Kier molecular flexibility index (Phi) is 12.8. The van der Waals surface area contributed by atoms with Gasteiger partial charge in [0, 0.05) is 0 Å². The molecule has 0 bridgehead atoms. The van der Waals surface area contributed by atoms with E-state index in [2.05, 4.69) is 0 Å². The fourth-order valence-electron chi connectivity index (χ4n) is 0. The number of rotatable bonds is 0. The van der Waals surface area contributed by atoms with Crippen LogP contribution in [0.2, 0.25) is 0 Å². The molecule has 0 amide bonds. The van der Waals surface area contributed by atoms with E-state index in [1.165, 1.54) is 0 Å². The monoisotopic (exact) mass is 151 g/mol. The first-order valence-electron chi connectivity index (χ1n) is 0.783. The summed E-state index contributed by atoms with van der Waals surface area (Å²) in [7, 11) is -4.64. The Bertz CT molecular complexity index is 57.8. The zero-order valence-electron chi connectivity index (χ0n) is 2.20. The van der Waals surface area contributed by atoms with Crippen molar-refractivity contribution in [2.45, 2.75) is 0 Å². The normalized spacial score (nSPS) is 8.43. The Morgan fingerprint density at radius 3 is 1.14 bits per heavy atom. The molecule has 0 aromatic carbocycles. The van der Waals surface area contributed by atoms with Gasteiger partial charge in [-0.15, -0.1) is 0 Å². The van der Waals surface area contributed by atoms with Crippen LogP contribution in [0.4, 0.5) is 0 Å². The van der Waals surface area contributed by atoms with Gasteiger partial charge in [0.2, 0.25) is 0 Å². The maximum atomic E-state index is 8.88. The topological polar surface area (TPSA) is 77.8 Å². The molecule has 3 N–H and O–H groups in total. The van der Waals surface area contributed by atoms with Crippen LogP contribution in [0.25, 0.3) is 0 Å². The standard InChI is InChI=1S/Be.Ca.H3O4P.4H/c;;1-5(2,3)4;;;;/h;;(H3,1,2,3,4);;;;. The van der Waals surface area contributed by atoms with Crippen molar-refractivity contribution < 1.29 is 19.2 Å². The maximum absolute atomic E-state index is 8.88. The third-order valence-corrected chi connectivity index (χ3v) is 0. The SMILES string of the molecule is O=P(O)(O)O.[BeH2].[CaH2]. The molecule has 0 aliphatic heterocycles. The zero-order valence-corrected chi connectivity index (χ0v) is 3.09. The predicted molar refractivity (Wildman–Crippen MR) is 31.4 cm³/mol. The first-order chi connectivity index (χ1) is 2.00. The van der Waals surface area contributed by atoms with Gasteiger partial charge in [-0.1, -0.05) is 0 Å². The quantitative estimate of drug-likeness (QED) is 0.259. The van der Waals surface area contributed by atoms with Gasteiger partial charge in [0.1, 0.15) is 0 Å². The summed E-state index contributed by atoms with van der Waals surface area (Å²) >= 11 is 0. The molecule has 0 fully saturated rings. The van der Waals surface area contributed by atoms with Crippen LogP contribution < -0.4 is 0 Å². The molecule has 0 unspecified atom stereocenters.